The first-order chi connectivity index (χ1) is 33.0. The largest absolute Gasteiger partial charge is 0.457 e. The fraction of sp³-hybridized carbons (Fsp3) is 0.0625. The molecule has 0 unspecified atom stereocenters. The van der Waals surface area contributed by atoms with Crippen LogP contribution in [0.1, 0.15) is 41.7 Å². The molecule has 13 rings (SSSR count). The van der Waals surface area contributed by atoms with Crippen LogP contribution in [0.25, 0.3) is 39.5 Å². The van der Waals surface area contributed by atoms with E-state index in [2.05, 4.69) is 266 Å². The Balaban J connectivity index is 0.924. The van der Waals surface area contributed by atoms with Crippen molar-refractivity contribution in [2.75, 3.05) is 9.80 Å². The molecule has 1 spiro atoms. The summed E-state index contributed by atoms with van der Waals surface area (Å²) in [6.45, 7) is 4.59. The average molecular weight is 859 g/mol. The van der Waals surface area contributed by atoms with Crippen molar-refractivity contribution in [1.29, 1.82) is 0 Å². The first-order valence-corrected chi connectivity index (χ1v) is 23.2. The maximum absolute atomic E-state index is 6.67. The van der Waals surface area contributed by atoms with Gasteiger partial charge < -0.3 is 14.5 Å². The van der Waals surface area contributed by atoms with Gasteiger partial charge in [0.15, 0.2) is 0 Å². The van der Waals surface area contributed by atoms with Crippen LogP contribution in [0.15, 0.2) is 248 Å². The molecule has 67 heavy (non-hydrogen) atoms. The number of rotatable bonds is 6. The van der Waals surface area contributed by atoms with Crippen molar-refractivity contribution >= 4 is 34.5 Å². The number of anilines is 5. The van der Waals surface area contributed by atoms with Gasteiger partial charge >= 0.3 is 0 Å². The van der Waals surface area contributed by atoms with Crippen LogP contribution in [0.4, 0.5) is 28.4 Å². The van der Waals surface area contributed by atoms with Gasteiger partial charge in [-0.1, -0.05) is 184 Å². The van der Waals surface area contributed by atoms with Gasteiger partial charge in [0.1, 0.15) is 11.5 Å². The van der Waals surface area contributed by atoms with Crippen LogP contribution in [0.3, 0.4) is 0 Å². The Labute approximate surface area is 392 Å². The second-order valence-corrected chi connectivity index (χ2v) is 18.5. The molecule has 9 aromatic rings. The lowest BCUT2D eigenvalue weighted by molar-refractivity contribution is 0.436. The molecule has 3 heteroatoms. The molecule has 9 aromatic carbocycles. The zero-order valence-electron chi connectivity index (χ0n) is 37.4. The van der Waals surface area contributed by atoms with E-state index in [1.165, 1.54) is 61.5 Å². The molecule has 0 fully saturated rings. The van der Waals surface area contributed by atoms with Crippen LogP contribution in [0.5, 0.6) is 11.5 Å². The Bertz CT molecular complexity index is 3460. The summed E-state index contributed by atoms with van der Waals surface area (Å²) in [6, 6.07) is 79.5. The number of ether oxygens (including phenoxy) is 1. The summed E-state index contributed by atoms with van der Waals surface area (Å²) in [6.07, 6.45) is 9.17. The van der Waals surface area contributed by atoms with Gasteiger partial charge in [0.25, 0.3) is 0 Å². The van der Waals surface area contributed by atoms with E-state index in [0.29, 0.717) is 0 Å². The molecule has 2 aliphatic carbocycles. The third-order valence-electron chi connectivity index (χ3n) is 14.4. The fourth-order valence-electron chi connectivity index (χ4n) is 11.2. The number of allylic oxidation sites excluding steroid dienone is 4. The van der Waals surface area contributed by atoms with Crippen LogP contribution in [-0.4, -0.2) is 0 Å². The SMILES string of the molecule is CC1(C)C=CC2=C1C=Cc1ccccc1N2c1ccc(-c2ccc(N(c3ccc(-c4ccccc4)cc3)c3ccc4c(c3)C3(c5ccccc5Oc5ccccc53)c3ccccc3-4)cc2)cc1. The van der Waals surface area contributed by atoms with Crippen molar-refractivity contribution in [1.82, 2.24) is 0 Å². The Morgan fingerprint density at radius 2 is 0.940 bits per heavy atom. The molecule has 4 aliphatic rings. The van der Waals surface area contributed by atoms with Gasteiger partial charge in [0, 0.05) is 45.0 Å². The van der Waals surface area contributed by atoms with Crippen LogP contribution in [0.2, 0.25) is 0 Å². The Hall–Kier alpha value is -8.40. The van der Waals surface area contributed by atoms with E-state index in [4.69, 9.17) is 4.74 Å². The molecule has 0 aromatic heterocycles. The van der Waals surface area contributed by atoms with E-state index < -0.39 is 5.41 Å². The highest BCUT2D eigenvalue weighted by molar-refractivity contribution is 5.92. The van der Waals surface area contributed by atoms with Crippen molar-refractivity contribution in [3.8, 4) is 44.9 Å². The second-order valence-electron chi connectivity index (χ2n) is 18.5. The predicted octanol–water partition coefficient (Wildman–Crippen LogP) is 17.0. The third kappa shape index (κ3) is 6.05. The molecule has 0 N–H and O–H groups in total. The summed E-state index contributed by atoms with van der Waals surface area (Å²) in [7, 11) is 0. The minimum Gasteiger partial charge on any atom is -0.457 e. The summed E-state index contributed by atoms with van der Waals surface area (Å²) in [5.74, 6) is 1.78. The molecule has 0 saturated carbocycles. The smallest absolute Gasteiger partial charge is 0.132 e. The maximum Gasteiger partial charge on any atom is 0.132 e. The minimum absolute atomic E-state index is 0.0421. The monoisotopic (exact) mass is 858 g/mol. The second kappa shape index (κ2) is 15.1. The first kappa shape index (κ1) is 39.0. The Morgan fingerprint density at radius 1 is 0.418 bits per heavy atom. The van der Waals surface area contributed by atoms with Crippen molar-refractivity contribution in [3.05, 3.63) is 276 Å². The Kier molecular flexibility index (Phi) is 8.78. The molecule has 3 nitrogen and oxygen atoms in total. The standard InChI is InChI=1S/C64H46N2O/c1-63(2)41-40-60-55(63)39-30-47-16-6-11-21-59(47)66(60)50-35-28-46(29-36-50)45-26-33-49(34-27-45)65(48-31-24-44(25-32-48)43-14-4-3-5-15-43)51-37-38-53-52-17-7-8-18-54(52)64(58(53)42-51)56-19-9-12-22-61(56)67-62-23-13-10-20-57(62)64/h3-42H,1-2H3. The number of hydrogen-bond donors (Lipinski definition) is 0. The molecule has 0 radical (unpaired) electrons. The van der Waals surface area contributed by atoms with Crippen LogP contribution in [-0.2, 0) is 5.41 Å². The Morgan fingerprint density at radius 3 is 1.61 bits per heavy atom. The summed E-state index contributed by atoms with van der Waals surface area (Å²) >= 11 is 0. The fourth-order valence-corrected chi connectivity index (χ4v) is 11.2. The highest BCUT2D eigenvalue weighted by atomic mass is 16.5. The van der Waals surface area contributed by atoms with E-state index in [-0.39, 0.29) is 5.41 Å². The zero-order chi connectivity index (χ0) is 44.7. The molecule has 2 heterocycles. The molecule has 0 amide bonds. The normalized spacial score (nSPS) is 15.2. The van der Waals surface area contributed by atoms with E-state index >= 15 is 0 Å². The van der Waals surface area contributed by atoms with Crippen molar-refractivity contribution < 1.29 is 4.74 Å². The molecule has 318 valence electrons. The number of benzene rings is 9. The van der Waals surface area contributed by atoms with E-state index in [1.807, 2.05) is 0 Å². The lowest BCUT2D eigenvalue weighted by Crippen LogP contribution is -2.32. The average Bonchev–Trinajstić information content (AvgIpc) is 3.76. The molecule has 0 bridgehead atoms. The number of hydrogen-bond acceptors (Lipinski definition) is 3. The van der Waals surface area contributed by atoms with Crippen molar-refractivity contribution in [3.63, 3.8) is 0 Å². The van der Waals surface area contributed by atoms with Gasteiger partial charge in [-0.3, -0.25) is 0 Å². The summed E-state index contributed by atoms with van der Waals surface area (Å²) < 4.78 is 6.67. The van der Waals surface area contributed by atoms with Gasteiger partial charge in [-0.2, -0.15) is 0 Å². The van der Waals surface area contributed by atoms with Gasteiger partial charge in [0.05, 0.1) is 11.1 Å². The molecule has 2 aliphatic heterocycles. The topological polar surface area (TPSA) is 15.7 Å². The van der Waals surface area contributed by atoms with Crippen molar-refractivity contribution in [2.45, 2.75) is 19.3 Å². The third-order valence-corrected chi connectivity index (χ3v) is 14.4. The number of nitrogens with zero attached hydrogens (tertiary/aromatic N) is 2. The highest BCUT2D eigenvalue weighted by Gasteiger charge is 2.51. The van der Waals surface area contributed by atoms with Gasteiger partial charge in [-0.25, -0.2) is 0 Å². The van der Waals surface area contributed by atoms with Gasteiger partial charge in [-0.05, 0) is 128 Å². The minimum atomic E-state index is -0.569. The van der Waals surface area contributed by atoms with E-state index in [0.717, 1.165) is 50.9 Å². The first-order valence-electron chi connectivity index (χ1n) is 23.2. The van der Waals surface area contributed by atoms with Gasteiger partial charge in [0.2, 0.25) is 0 Å². The lowest BCUT2D eigenvalue weighted by atomic mass is 9.66. The van der Waals surface area contributed by atoms with Crippen molar-refractivity contribution in [2.24, 2.45) is 5.41 Å². The quantitative estimate of drug-likeness (QED) is 0.166. The number of para-hydroxylation sites is 3. The molecular weight excluding hydrogens is 813 g/mol. The van der Waals surface area contributed by atoms with Gasteiger partial charge in [-0.15, -0.1) is 0 Å². The summed E-state index contributed by atoms with van der Waals surface area (Å²) in [4.78, 5) is 4.82. The van der Waals surface area contributed by atoms with Crippen LogP contribution in [0, 0.1) is 5.41 Å². The maximum atomic E-state index is 6.67. The summed E-state index contributed by atoms with van der Waals surface area (Å²) in [5, 5.41) is 0. The summed E-state index contributed by atoms with van der Waals surface area (Å²) in [5.41, 5.74) is 20.8. The predicted molar refractivity (Wildman–Crippen MR) is 277 cm³/mol. The van der Waals surface area contributed by atoms with E-state index in [9.17, 15) is 0 Å². The van der Waals surface area contributed by atoms with Crippen LogP contribution >= 0.6 is 0 Å². The van der Waals surface area contributed by atoms with E-state index in [1.54, 1.807) is 0 Å². The van der Waals surface area contributed by atoms with Crippen LogP contribution < -0.4 is 14.5 Å². The number of fused-ring (bicyclic) bond motifs is 10. The zero-order valence-corrected chi connectivity index (χ0v) is 37.4. The molecular formula is C64H46N2O. The lowest BCUT2D eigenvalue weighted by Gasteiger charge is -2.39. The molecule has 0 saturated heterocycles. The molecule has 0 atom stereocenters. The highest BCUT2D eigenvalue weighted by Crippen LogP contribution is 2.62.